The van der Waals surface area contributed by atoms with Crippen LogP contribution in [-0.4, -0.2) is 28.0 Å². The van der Waals surface area contributed by atoms with Crippen molar-refractivity contribution in [3.63, 3.8) is 0 Å². The Morgan fingerprint density at radius 1 is 1.12 bits per heavy atom. The molecule has 0 aliphatic carbocycles. The first kappa shape index (κ1) is 21.7. The molecular weight excluding hydrogens is 447 g/mol. The average molecular weight is 467 g/mol. The Morgan fingerprint density at radius 2 is 1.88 bits per heavy atom. The topological polar surface area (TPSA) is 68.2 Å². The molecule has 0 spiro atoms. The second-order valence-electron chi connectivity index (χ2n) is 6.78. The number of hydrogen-bond acceptors (Lipinski definition) is 5. The summed E-state index contributed by atoms with van der Waals surface area (Å²) in [6.07, 6.45) is 1.73. The van der Waals surface area contributed by atoms with Gasteiger partial charge in [-0.25, -0.2) is 9.18 Å². The van der Waals surface area contributed by atoms with Gasteiger partial charge in [0.05, 0.1) is 19.2 Å². The summed E-state index contributed by atoms with van der Waals surface area (Å²) in [5.41, 5.74) is 1.92. The number of rotatable bonds is 6. The van der Waals surface area contributed by atoms with Crippen LogP contribution in [0, 0.1) is 5.82 Å². The molecule has 0 fully saturated rings. The molecule has 0 saturated carbocycles. The fourth-order valence-corrected chi connectivity index (χ4v) is 4.39. The van der Waals surface area contributed by atoms with Gasteiger partial charge in [-0.1, -0.05) is 48.5 Å². The normalized spacial score (nSPS) is 10.6. The minimum atomic E-state index is -0.456. The van der Waals surface area contributed by atoms with Gasteiger partial charge in [0.1, 0.15) is 10.8 Å². The summed E-state index contributed by atoms with van der Waals surface area (Å²) in [6.45, 7) is 0.298. The van der Waals surface area contributed by atoms with E-state index in [1.165, 1.54) is 24.5 Å². The number of nitrogens with zero attached hydrogens (tertiary/aromatic N) is 2. The fraction of sp³-hybridized carbons (Fsp3) is 0.0870. The quantitative estimate of drug-likeness (QED) is 0.293. The van der Waals surface area contributed by atoms with Gasteiger partial charge in [-0.2, -0.15) is 5.10 Å². The molecule has 2 heterocycles. The van der Waals surface area contributed by atoms with Crippen molar-refractivity contribution in [2.75, 3.05) is 17.7 Å². The van der Waals surface area contributed by atoms with Crippen molar-refractivity contribution < 1.29 is 13.9 Å². The van der Waals surface area contributed by atoms with Crippen molar-refractivity contribution in [1.82, 2.24) is 9.78 Å². The number of thiocarbonyl (C=S) groups is 1. The molecule has 2 N–H and O–H groups in total. The maximum Gasteiger partial charge on any atom is 0.340 e. The van der Waals surface area contributed by atoms with E-state index < -0.39 is 5.97 Å². The van der Waals surface area contributed by atoms with Gasteiger partial charge in [-0.05, 0) is 29.9 Å². The number of ether oxygens (including phenoxy) is 1. The molecule has 0 bridgehead atoms. The summed E-state index contributed by atoms with van der Waals surface area (Å²) < 4.78 is 20.4. The number of nitrogens with one attached hydrogen (secondary N) is 2. The van der Waals surface area contributed by atoms with Crippen LogP contribution in [-0.2, 0) is 11.3 Å². The van der Waals surface area contributed by atoms with Crippen LogP contribution in [0.1, 0.15) is 15.9 Å². The van der Waals surface area contributed by atoms with Crippen LogP contribution < -0.4 is 10.6 Å². The smallest absolute Gasteiger partial charge is 0.340 e. The SMILES string of the molecule is COC(=O)c1cc(-c2ccccc2)sc1NC(=S)Nc1ccn(Cc2ccccc2F)n1. The number of thiophene rings is 1. The maximum atomic E-state index is 13.9. The van der Waals surface area contributed by atoms with E-state index >= 15 is 0 Å². The van der Waals surface area contributed by atoms with Crippen molar-refractivity contribution >= 4 is 45.5 Å². The third kappa shape index (κ3) is 5.01. The number of halogens is 1. The van der Waals surface area contributed by atoms with Gasteiger partial charge in [-0.3, -0.25) is 4.68 Å². The summed E-state index contributed by atoms with van der Waals surface area (Å²) >= 11 is 6.81. The third-order valence-electron chi connectivity index (χ3n) is 4.60. The van der Waals surface area contributed by atoms with Gasteiger partial charge >= 0.3 is 5.97 Å². The van der Waals surface area contributed by atoms with Crippen molar-refractivity contribution in [2.24, 2.45) is 0 Å². The second-order valence-corrected chi connectivity index (χ2v) is 8.24. The van der Waals surface area contributed by atoms with Crippen LogP contribution >= 0.6 is 23.6 Å². The molecule has 162 valence electrons. The minimum Gasteiger partial charge on any atom is -0.465 e. The number of anilines is 2. The van der Waals surface area contributed by atoms with E-state index in [0.29, 0.717) is 28.5 Å². The average Bonchev–Trinajstić information content (AvgIpc) is 3.42. The van der Waals surface area contributed by atoms with Gasteiger partial charge in [-0.15, -0.1) is 11.3 Å². The van der Waals surface area contributed by atoms with Gasteiger partial charge in [0, 0.05) is 22.7 Å². The lowest BCUT2D eigenvalue weighted by atomic mass is 10.1. The zero-order valence-corrected chi connectivity index (χ0v) is 18.7. The fourth-order valence-electron chi connectivity index (χ4n) is 3.06. The molecule has 0 atom stereocenters. The Balaban J connectivity index is 1.47. The Bertz CT molecular complexity index is 1250. The minimum absolute atomic E-state index is 0.271. The molecule has 2 aromatic carbocycles. The highest BCUT2D eigenvalue weighted by Crippen LogP contribution is 2.36. The maximum absolute atomic E-state index is 13.9. The van der Waals surface area contributed by atoms with Crippen molar-refractivity contribution in [1.29, 1.82) is 0 Å². The standard InChI is InChI=1S/C23H19FN4O2S2/c1-30-22(29)17-13-19(15-7-3-2-4-8-15)32-21(17)26-23(31)25-20-11-12-28(27-20)14-16-9-5-6-10-18(16)24/h2-13H,14H2,1H3,(H2,25,26,27,31). The Kier molecular flexibility index (Phi) is 6.58. The van der Waals surface area contributed by atoms with Crippen molar-refractivity contribution in [2.45, 2.75) is 6.54 Å². The van der Waals surface area contributed by atoms with E-state index in [2.05, 4.69) is 15.7 Å². The molecule has 0 aliphatic rings. The molecule has 0 amide bonds. The highest BCUT2D eigenvalue weighted by molar-refractivity contribution is 7.80. The summed E-state index contributed by atoms with van der Waals surface area (Å²) in [4.78, 5) is 13.2. The van der Waals surface area contributed by atoms with Gasteiger partial charge in [0.25, 0.3) is 0 Å². The highest BCUT2D eigenvalue weighted by atomic mass is 32.1. The third-order valence-corrected chi connectivity index (χ3v) is 5.90. The Hall–Kier alpha value is -3.56. The number of hydrogen-bond donors (Lipinski definition) is 2. The first-order chi connectivity index (χ1) is 15.5. The Labute approximate surface area is 193 Å². The molecule has 32 heavy (non-hydrogen) atoms. The van der Waals surface area contributed by atoms with Crippen LogP contribution in [0.5, 0.6) is 0 Å². The Morgan fingerprint density at radius 3 is 2.62 bits per heavy atom. The monoisotopic (exact) mass is 466 g/mol. The zero-order valence-electron chi connectivity index (χ0n) is 17.0. The van der Waals surface area contributed by atoms with Gasteiger partial charge < -0.3 is 15.4 Å². The lowest BCUT2D eigenvalue weighted by Gasteiger charge is -2.08. The van der Waals surface area contributed by atoms with Crippen LogP contribution in [0.4, 0.5) is 15.2 Å². The van der Waals surface area contributed by atoms with E-state index in [4.69, 9.17) is 17.0 Å². The number of aromatic nitrogens is 2. The summed E-state index contributed by atoms with van der Waals surface area (Å²) in [5.74, 6) is -0.238. The van der Waals surface area contributed by atoms with Crippen LogP contribution in [0.2, 0.25) is 0 Å². The van der Waals surface area contributed by atoms with E-state index in [9.17, 15) is 9.18 Å². The molecule has 0 saturated heterocycles. The lowest BCUT2D eigenvalue weighted by molar-refractivity contribution is 0.0602. The summed E-state index contributed by atoms with van der Waals surface area (Å²) in [7, 11) is 1.34. The number of esters is 1. The van der Waals surface area contributed by atoms with E-state index in [1.54, 1.807) is 41.2 Å². The van der Waals surface area contributed by atoms with E-state index in [-0.39, 0.29) is 10.9 Å². The first-order valence-corrected chi connectivity index (χ1v) is 10.9. The molecule has 4 rings (SSSR count). The molecule has 2 aromatic heterocycles. The van der Waals surface area contributed by atoms with E-state index in [1.807, 2.05) is 30.3 Å². The lowest BCUT2D eigenvalue weighted by Crippen LogP contribution is -2.20. The molecule has 4 aromatic rings. The molecular formula is C23H19FN4O2S2. The van der Waals surface area contributed by atoms with Crippen LogP contribution in [0.25, 0.3) is 10.4 Å². The van der Waals surface area contributed by atoms with Gasteiger partial charge in [0.15, 0.2) is 10.9 Å². The predicted octanol–water partition coefficient (Wildman–Crippen LogP) is 5.39. The number of benzene rings is 2. The molecule has 0 radical (unpaired) electrons. The molecule has 0 unspecified atom stereocenters. The first-order valence-electron chi connectivity index (χ1n) is 9.66. The van der Waals surface area contributed by atoms with Crippen molar-refractivity contribution in [3.8, 4) is 10.4 Å². The molecule has 9 heteroatoms. The molecule has 0 aliphatic heterocycles. The zero-order chi connectivity index (χ0) is 22.5. The van der Waals surface area contributed by atoms with Crippen LogP contribution in [0.15, 0.2) is 72.9 Å². The number of methoxy groups -OCH3 is 1. The highest BCUT2D eigenvalue weighted by Gasteiger charge is 2.18. The van der Waals surface area contributed by atoms with Crippen molar-refractivity contribution in [3.05, 3.63) is 89.9 Å². The summed E-state index contributed by atoms with van der Waals surface area (Å²) in [6, 6.07) is 19.8. The number of carbonyl (C=O) groups excluding carboxylic acids is 1. The predicted molar refractivity (Wildman–Crippen MR) is 129 cm³/mol. The number of carbonyl (C=O) groups is 1. The molecule has 6 nitrogen and oxygen atoms in total. The van der Waals surface area contributed by atoms with E-state index in [0.717, 1.165) is 10.4 Å². The summed E-state index contributed by atoms with van der Waals surface area (Å²) in [5, 5.41) is 11.3. The van der Waals surface area contributed by atoms with Gasteiger partial charge in [0.2, 0.25) is 0 Å². The second kappa shape index (κ2) is 9.71. The largest absolute Gasteiger partial charge is 0.465 e. The van der Waals surface area contributed by atoms with Crippen LogP contribution in [0.3, 0.4) is 0 Å².